The maximum absolute atomic E-state index is 12.4. The molecule has 0 spiro atoms. The van der Waals surface area contributed by atoms with E-state index in [1.165, 1.54) is 0 Å². The first-order valence-electron chi connectivity index (χ1n) is 7.70. The molecule has 2 amide bonds. The Hall–Kier alpha value is -0.810. The number of carbonyl (C=O) groups excluding carboxylic acids is 2. The van der Waals surface area contributed by atoms with Gasteiger partial charge in [0, 0.05) is 25.0 Å². The minimum atomic E-state index is -0.372. The molecule has 0 saturated carbocycles. The number of halogens is 1. The number of nitrogens with one attached hydrogen (secondary N) is 1. The third-order valence-electron chi connectivity index (χ3n) is 4.37. The van der Waals surface area contributed by atoms with Gasteiger partial charge in [-0.25, -0.2) is 0 Å². The summed E-state index contributed by atoms with van der Waals surface area (Å²) in [6, 6.07) is -0.372. The van der Waals surface area contributed by atoms with Crippen molar-refractivity contribution in [3.8, 4) is 0 Å². The van der Waals surface area contributed by atoms with Crippen LogP contribution in [0.3, 0.4) is 0 Å². The summed E-state index contributed by atoms with van der Waals surface area (Å²) < 4.78 is 0. The summed E-state index contributed by atoms with van der Waals surface area (Å²) in [7, 11) is 0. The van der Waals surface area contributed by atoms with Crippen LogP contribution in [-0.4, -0.2) is 41.4 Å². The van der Waals surface area contributed by atoms with Crippen LogP contribution in [0.4, 0.5) is 0 Å². The number of carbonyl (C=O) groups is 2. The van der Waals surface area contributed by atoms with Gasteiger partial charge in [-0.05, 0) is 25.2 Å². The van der Waals surface area contributed by atoms with Crippen molar-refractivity contribution in [2.45, 2.75) is 65.0 Å². The first-order valence-corrected chi connectivity index (χ1v) is 7.70. The summed E-state index contributed by atoms with van der Waals surface area (Å²) >= 11 is 0. The highest BCUT2D eigenvalue weighted by molar-refractivity contribution is 5.88. The molecular formula is C15H30ClN3O2. The van der Waals surface area contributed by atoms with Gasteiger partial charge in [-0.1, -0.05) is 27.7 Å². The van der Waals surface area contributed by atoms with Crippen molar-refractivity contribution in [2.24, 2.45) is 11.7 Å². The Morgan fingerprint density at radius 1 is 1.38 bits per heavy atom. The Kier molecular flexibility index (Phi) is 8.26. The molecule has 1 fully saturated rings. The quantitative estimate of drug-likeness (QED) is 0.749. The molecule has 21 heavy (non-hydrogen) atoms. The fourth-order valence-corrected chi connectivity index (χ4v) is 2.64. The van der Waals surface area contributed by atoms with Gasteiger partial charge >= 0.3 is 0 Å². The Balaban J connectivity index is 0.00000400. The van der Waals surface area contributed by atoms with Gasteiger partial charge in [-0.3, -0.25) is 9.59 Å². The molecule has 1 unspecified atom stereocenters. The van der Waals surface area contributed by atoms with E-state index < -0.39 is 0 Å². The largest absolute Gasteiger partial charge is 0.352 e. The SMILES string of the molecule is CCC(N)(CC)CNC(=O)C(C(C)C)N1CCCC1=O.Cl. The maximum atomic E-state index is 12.4. The zero-order valence-electron chi connectivity index (χ0n) is 13.6. The highest BCUT2D eigenvalue weighted by atomic mass is 35.5. The van der Waals surface area contributed by atoms with Gasteiger partial charge in [0.2, 0.25) is 11.8 Å². The summed E-state index contributed by atoms with van der Waals surface area (Å²) in [5, 5.41) is 2.95. The van der Waals surface area contributed by atoms with E-state index in [0.29, 0.717) is 19.5 Å². The molecule has 1 atom stereocenters. The smallest absolute Gasteiger partial charge is 0.243 e. The van der Waals surface area contributed by atoms with Gasteiger partial charge in [-0.15, -0.1) is 12.4 Å². The molecule has 1 aliphatic rings. The molecule has 6 heteroatoms. The molecular weight excluding hydrogens is 290 g/mol. The minimum absolute atomic E-state index is 0. The van der Waals surface area contributed by atoms with E-state index in [1.807, 2.05) is 27.7 Å². The van der Waals surface area contributed by atoms with Crippen LogP contribution in [-0.2, 0) is 9.59 Å². The van der Waals surface area contributed by atoms with E-state index in [2.05, 4.69) is 5.32 Å². The van der Waals surface area contributed by atoms with E-state index >= 15 is 0 Å². The predicted octanol–water partition coefficient (Wildman–Crippen LogP) is 1.69. The molecule has 1 heterocycles. The number of hydrogen-bond donors (Lipinski definition) is 2. The lowest BCUT2D eigenvalue weighted by molar-refractivity contribution is -0.139. The van der Waals surface area contributed by atoms with Crippen LogP contribution in [0.2, 0.25) is 0 Å². The molecule has 1 rings (SSSR count). The average molecular weight is 320 g/mol. The topological polar surface area (TPSA) is 75.4 Å². The second-order valence-corrected chi connectivity index (χ2v) is 6.17. The third-order valence-corrected chi connectivity index (χ3v) is 4.37. The zero-order valence-corrected chi connectivity index (χ0v) is 14.5. The summed E-state index contributed by atoms with van der Waals surface area (Å²) in [5.41, 5.74) is 5.85. The van der Waals surface area contributed by atoms with Crippen molar-refractivity contribution < 1.29 is 9.59 Å². The van der Waals surface area contributed by atoms with Crippen molar-refractivity contribution in [1.82, 2.24) is 10.2 Å². The Morgan fingerprint density at radius 3 is 2.33 bits per heavy atom. The van der Waals surface area contributed by atoms with Crippen molar-refractivity contribution in [2.75, 3.05) is 13.1 Å². The Labute approximate surface area is 134 Å². The van der Waals surface area contributed by atoms with Crippen LogP contribution in [0.5, 0.6) is 0 Å². The van der Waals surface area contributed by atoms with Crippen LogP contribution in [0.1, 0.15) is 53.4 Å². The van der Waals surface area contributed by atoms with Crippen molar-refractivity contribution in [1.29, 1.82) is 0 Å². The number of nitrogens with zero attached hydrogens (tertiary/aromatic N) is 1. The number of amides is 2. The highest BCUT2D eigenvalue weighted by Crippen LogP contribution is 2.19. The van der Waals surface area contributed by atoms with Gasteiger partial charge in [0.05, 0.1) is 0 Å². The molecule has 0 aromatic carbocycles. The Morgan fingerprint density at radius 2 is 1.95 bits per heavy atom. The van der Waals surface area contributed by atoms with E-state index in [-0.39, 0.29) is 41.7 Å². The number of hydrogen-bond acceptors (Lipinski definition) is 3. The van der Waals surface area contributed by atoms with Crippen LogP contribution < -0.4 is 11.1 Å². The number of nitrogens with two attached hydrogens (primary N) is 1. The molecule has 0 aromatic rings. The second kappa shape index (κ2) is 8.59. The van der Waals surface area contributed by atoms with Crippen LogP contribution >= 0.6 is 12.4 Å². The molecule has 0 aliphatic carbocycles. The molecule has 0 bridgehead atoms. The fourth-order valence-electron chi connectivity index (χ4n) is 2.64. The highest BCUT2D eigenvalue weighted by Gasteiger charge is 2.35. The van der Waals surface area contributed by atoms with Gasteiger partial charge in [0.1, 0.15) is 6.04 Å². The summed E-state index contributed by atoms with van der Waals surface area (Å²) in [6.45, 7) is 9.16. The molecule has 3 N–H and O–H groups in total. The number of rotatable bonds is 7. The second-order valence-electron chi connectivity index (χ2n) is 6.17. The predicted molar refractivity (Wildman–Crippen MR) is 87.3 cm³/mol. The van der Waals surface area contributed by atoms with E-state index in [9.17, 15) is 9.59 Å². The normalized spacial score (nSPS) is 16.9. The van der Waals surface area contributed by atoms with E-state index in [4.69, 9.17) is 5.73 Å². The Bertz CT molecular complexity index is 357. The lowest BCUT2D eigenvalue weighted by atomic mass is 9.93. The van der Waals surface area contributed by atoms with Crippen LogP contribution in [0.15, 0.2) is 0 Å². The van der Waals surface area contributed by atoms with Crippen molar-refractivity contribution in [3.05, 3.63) is 0 Å². The lowest BCUT2D eigenvalue weighted by Gasteiger charge is -2.32. The summed E-state index contributed by atoms with van der Waals surface area (Å²) in [6.07, 6.45) is 3.04. The van der Waals surface area contributed by atoms with Gasteiger partial charge < -0.3 is 16.0 Å². The first kappa shape index (κ1) is 20.2. The lowest BCUT2D eigenvalue weighted by Crippen LogP contribution is -2.55. The molecule has 5 nitrogen and oxygen atoms in total. The molecule has 1 aliphatic heterocycles. The molecule has 0 radical (unpaired) electrons. The summed E-state index contributed by atoms with van der Waals surface area (Å²) in [4.78, 5) is 26.0. The third kappa shape index (κ3) is 5.15. The average Bonchev–Trinajstić information content (AvgIpc) is 2.82. The van der Waals surface area contributed by atoms with Crippen LogP contribution in [0, 0.1) is 5.92 Å². The molecule has 0 aromatic heterocycles. The van der Waals surface area contributed by atoms with Gasteiger partial charge in [-0.2, -0.15) is 0 Å². The molecule has 124 valence electrons. The maximum Gasteiger partial charge on any atom is 0.243 e. The first-order chi connectivity index (χ1) is 9.34. The van der Waals surface area contributed by atoms with Gasteiger partial charge in [0.15, 0.2) is 0 Å². The van der Waals surface area contributed by atoms with E-state index in [0.717, 1.165) is 19.3 Å². The summed E-state index contributed by atoms with van der Waals surface area (Å²) in [5.74, 6) is 0.114. The molecule has 1 saturated heterocycles. The number of likely N-dealkylation sites (tertiary alicyclic amines) is 1. The fraction of sp³-hybridized carbons (Fsp3) is 0.867. The zero-order chi connectivity index (χ0) is 15.3. The van der Waals surface area contributed by atoms with Crippen molar-refractivity contribution in [3.63, 3.8) is 0 Å². The standard InChI is InChI=1S/C15H29N3O2.ClH/c1-5-15(16,6-2)10-17-14(20)13(11(3)4)18-9-7-8-12(18)19;/h11,13H,5-10,16H2,1-4H3,(H,17,20);1H. The minimum Gasteiger partial charge on any atom is -0.352 e. The monoisotopic (exact) mass is 319 g/mol. The van der Waals surface area contributed by atoms with Gasteiger partial charge in [0.25, 0.3) is 0 Å². The van der Waals surface area contributed by atoms with E-state index in [1.54, 1.807) is 4.90 Å². The van der Waals surface area contributed by atoms with Crippen molar-refractivity contribution >= 4 is 24.2 Å². The van der Waals surface area contributed by atoms with Crippen LogP contribution in [0.25, 0.3) is 0 Å².